The van der Waals surface area contributed by atoms with E-state index in [4.69, 9.17) is 0 Å². The number of fused-ring (bicyclic) bond motifs is 1. The number of aromatic nitrogens is 2. The Labute approximate surface area is 91.4 Å². The number of aryl methyl sites for hydroxylation is 2. The van der Waals surface area contributed by atoms with Crippen molar-refractivity contribution in [2.45, 2.75) is 33.2 Å². The van der Waals surface area contributed by atoms with Crippen LogP contribution in [0.5, 0.6) is 0 Å². The summed E-state index contributed by atoms with van der Waals surface area (Å²) in [6, 6.07) is 0.519. The summed E-state index contributed by atoms with van der Waals surface area (Å²) in [5.74, 6) is 0. The molecule has 2 heterocycles. The van der Waals surface area contributed by atoms with Gasteiger partial charge in [-0.25, -0.2) is 0 Å². The number of rotatable bonds is 1. The minimum atomic E-state index is 0.519. The highest BCUT2D eigenvalue weighted by Crippen LogP contribution is 2.30. The molecular formula is C12H19N3. The van der Waals surface area contributed by atoms with Gasteiger partial charge in [0, 0.05) is 43.0 Å². The van der Waals surface area contributed by atoms with Gasteiger partial charge in [0.25, 0.3) is 0 Å². The van der Waals surface area contributed by atoms with Crippen LogP contribution in [0.2, 0.25) is 0 Å². The van der Waals surface area contributed by atoms with Gasteiger partial charge in [0.15, 0.2) is 0 Å². The second-order valence-corrected chi connectivity index (χ2v) is 4.51. The first-order valence-corrected chi connectivity index (χ1v) is 5.50. The molecule has 0 N–H and O–H groups in total. The highest BCUT2D eigenvalue weighted by Gasteiger charge is 2.26. The summed E-state index contributed by atoms with van der Waals surface area (Å²) in [5.41, 5.74) is 4.83. The Bertz CT molecular complexity index is 401. The molecule has 2 rings (SSSR count). The Morgan fingerprint density at radius 1 is 1.40 bits per heavy atom. The predicted molar refractivity (Wildman–Crippen MR) is 62.5 cm³/mol. The van der Waals surface area contributed by atoms with Gasteiger partial charge in [-0.15, -0.1) is 0 Å². The molecule has 0 radical (unpaired) electrons. The first kappa shape index (κ1) is 10.3. The molecule has 0 atom stereocenters. The largest absolute Gasteiger partial charge is 0.369 e. The van der Waals surface area contributed by atoms with Crippen LogP contribution in [0.4, 0.5) is 0 Å². The van der Waals surface area contributed by atoms with Crippen LogP contribution in [0, 0.1) is 6.92 Å². The topological polar surface area (TPSA) is 21.1 Å². The molecule has 0 bridgehead atoms. The monoisotopic (exact) mass is 205 g/mol. The molecule has 0 aromatic carbocycles. The molecule has 1 aromatic heterocycles. The van der Waals surface area contributed by atoms with E-state index in [-0.39, 0.29) is 0 Å². The average Bonchev–Trinajstić information content (AvgIpc) is 2.43. The highest BCUT2D eigenvalue weighted by atomic mass is 15.3. The molecular weight excluding hydrogens is 186 g/mol. The SMILES string of the molecule is C=C1c2c(C)nn(C)c2CCN1C(C)C. The summed E-state index contributed by atoms with van der Waals surface area (Å²) in [4.78, 5) is 2.36. The zero-order valence-corrected chi connectivity index (χ0v) is 10.0. The summed E-state index contributed by atoms with van der Waals surface area (Å²) in [7, 11) is 2.02. The van der Waals surface area contributed by atoms with Crippen molar-refractivity contribution in [2.75, 3.05) is 6.54 Å². The van der Waals surface area contributed by atoms with Crippen LogP contribution in [-0.2, 0) is 13.5 Å². The fraction of sp³-hybridized carbons (Fsp3) is 0.583. The Kier molecular flexibility index (Phi) is 2.33. The Morgan fingerprint density at radius 2 is 2.07 bits per heavy atom. The maximum Gasteiger partial charge on any atom is 0.0689 e. The number of hydrogen-bond donors (Lipinski definition) is 0. The van der Waals surface area contributed by atoms with E-state index in [1.54, 1.807) is 0 Å². The van der Waals surface area contributed by atoms with Crippen molar-refractivity contribution in [3.05, 3.63) is 23.5 Å². The van der Waals surface area contributed by atoms with Crippen molar-refractivity contribution in [1.82, 2.24) is 14.7 Å². The zero-order chi connectivity index (χ0) is 11.2. The molecule has 15 heavy (non-hydrogen) atoms. The van der Waals surface area contributed by atoms with E-state index in [1.807, 2.05) is 11.7 Å². The predicted octanol–water partition coefficient (Wildman–Crippen LogP) is 1.97. The van der Waals surface area contributed by atoms with Gasteiger partial charge >= 0.3 is 0 Å². The number of nitrogens with zero attached hydrogens (tertiary/aromatic N) is 3. The minimum absolute atomic E-state index is 0.519. The van der Waals surface area contributed by atoms with Crippen molar-refractivity contribution in [3.63, 3.8) is 0 Å². The molecule has 3 heteroatoms. The van der Waals surface area contributed by atoms with Gasteiger partial charge in [-0.1, -0.05) is 6.58 Å². The van der Waals surface area contributed by atoms with E-state index in [0.717, 1.165) is 24.4 Å². The zero-order valence-electron chi connectivity index (χ0n) is 10.0. The Balaban J connectivity index is 2.46. The lowest BCUT2D eigenvalue weighted by Crippen LogP contribution is -2.34. The van der Waals surface area contributed by atoms with Crippen LogP contribution in [-0.4, -0.2) is 27.3 Å². The van der Waals surface area contributed by atoms with E-state index in [0.29, 0.717) is 6.04 Å². The van der Waals surface area contributed by atoms with Gasteiger partial charge < -0.3 is 4.90 Å². The third-order valence-electron chi connectivity index (χ3n) is 3.19. The Hall–Kier alpha value is -1.25. The first-order valence-electron chi connectivity index (χ1n) is 5.50. The quantitative estimate of drug-likeness (QED) is 0.699. The van der Waals surface area contributed by atoms with Crippen molar-refractivity contribution < 1.29 is 0 Å². The second-order valence-electron chi connectivity index (χ2n) is 4.51. The van der Waals surface area contributed by atoms with Gasteiger partial charge in [0.2, 0.25) is 0 Å². The third-order valence-corrected chi connectivity index (χ3v) is 3.19. The van der Waals surface area contributed by atoms with Crippen LogP contribution in [0.1, 0.15) is 30.8 Å². The average molecular weight is 205 g/mol. The van der Waals surface area contributed by atoms with Crippen molar-refractivity contribution in [2.24, 2.45) is 7.05 Å². The first-order chi connectivity index (χ1) is 7.02. The van der Waals surface area contributed by atoms with Crippen LogP contribution in [0.25, 0.3) is 5.70 Å². The van der Waals surface area contributed by atoms with Crippen LogP contribution in [0.15, 0.2) is 6.58 Å². The van der Waals surface area contributed by atoms with Gasteiger partial charge in [0.1, 0.15) is 0 Å². The standard InChI is InChI=1S/C12H19N3/c1-8(2)15-7-6-11-12(10(15)4)9(3)13-14(11)5/h8H,4,6-7H2,1-3,5H3. The summed E-state index contributed by atoms with van der Waals surface area (Å²) in [6.07, 6.45) is 1.07. The molecule has 82 valence electrons. The fourth-order valence-electron chi connectivity index (χ4n) is 2.44. The van der Waals surface area contributed by atoms with E-state index in [2.05, 4.69) is 37.3 Å². The molecule has 0 amide bonds. The highest BCUT2D eigenvalue weighted by molar-refractivity contribution is 5.67. The Morgan fingerprint density at radius 3 is 2.67 bits per heavy atom. The second kappa shape index (κ2) is 3.40. The molecule has 0 unspecified atom stereocenters. The summed E-state index contributed by atoms with van der Waals surface area (Å²) in [6.45, 7) is 11.7. The van der Waals surface area contributed by atoms with Crippen LogP contribution >= 0.6 is 0 Å². The van der Waals surface area contributed by atoms with Crippen LogP contribution < -0.4 is 0 Å². The fourth-order valence-corrected chi connectivity index (χ4v) is 2.44. The summed E-state index contributed by atoms with van der Waals surface area (Å²) in [5, 5.41) is 4.47. The van der Waals surface area contributed by atoms with Gasteiger partial charge in [0.05, 0.1) is 5.69 Å². The molecule has 1 aliphatic rings. The van der Waals surface area contributed by atoms with Crippen molar-refractivity contribution >= 4 is 5.70 Å². The maximum absolute atomic E-state index is 4.47. The van der Waals surface area contributed by atoms with Gasteiger partial charge in [-0.2, -0.15) is 5.10 Å². The van der Waals surface area contributed by atoms with E-state index < -0.39 is 0 Å². The number of hydrogen-bond acceptors (Lipinski definition) is 2. The van der Waals surface area contributed by atoms with Crippen molar-refractivity contribution in [3.8, 4) is 0 Å². The molecule has 1 aliphatic heterocycles. The smallest absolute Gasteiger partial charge is 0.0689 e. The van der Waals surface area contributed by atoms with E-state index in [1.165, 1.54) is 11.3 Å². The molecule has 0 spiro atoms. The van der Waals surface area contributed by atoms with E-state index >= 15 is 0 Å². The lowest BCUT2D eigenvalue weighted by Gasteiger charge is -2.34. The third kappa shape index (κ3) is 1.46. The minimum Gasteiger partial charge on any atom is -0.369 e. The maximum atomic E-state index is 4.47. The van der Waals surface area contributed by atoms with Gasteiger partial charge in [-0.05, 0) is 20.8 Å². The van der Waals surface area contributed by atoms with Gasteiger partial charge in [-0.3, -0.25) is 4.68 Å². The van der Waals surface area contributed by atoms with E-state index in [9.17, 15) is 0 Å². The molecule has 0 saturated heterocycles. The summed E-state index contributed by atoms with van der Waals surface area (Å²) >= 11 is 0. The lowest BCUT2D eigenvalue weighted by molar-refractivity contribution is 0.322. The summed E-state index contributed by atoms with van der Waals surface area (Å²) < 4.78 is 1.99. The molecule has 3 nitrogen and oxygen atoms in total. The molecule has 0 aliphatic carbocycles. The molecule has 0 fully saturated rings. The van der Waals surface area contributed by atoms with Crippen LogP contribution in [0.3, 0.4) is 0 Å². The van der Waals surface area contributed by atoms with Crippen molar-refractivity contribution in [1.29, 1.82) is 0 Å². The molecule has 1 aromatic rings. The normalized spacial score (nSPS) is 16.1. The molecule has 0 saturated carbocycles. The lowest BCUT2D eigenvalue weighted by atomic mass is 10.0.